The molecule has 140 valence electrons. The van der Waals surface area contributed by atoms with Gasteiger partial charge in [-0.25, -0.2) is 9.18 Å². The molecule has 7 heteroatoms. The molecule has 2 N–H and O–H groups in total. The zero-order valence-corrected chi connectivity index (χ0v) is 16.0. The number of nitrogens with one attached hydrogen (secondary N) is 2. The lowest BCUT2D eigenvalue weighted by Crippen LogP contribution is -2.62. The molecule has 0 aliphatic heterocycles. The van der Waals surface area contributed by atoms with Gasteiger partial charge >= 0.3 is 6.03 Å². The van der Waals surface area contributed by atoms with E-state index in [-0.39, 0.29) is 12.1 Å². The van der Waals surface area contributed by atoms with Gasteiger partial charge in [-0.05, 0) is 90.4 Å². The van der Waals surface area contributed by atoms with Gasteiger partial charge in [-0.15, -0.1) is 0 Å². The van der Waals surface area contributed by atoms with Crippen LogP contribution in [0.15, 0.2) is 22.7 Å². The fourth-order valence-corrected chi connectivity index (χ4v) is 5.90. The van der Waals surface area contributed by atoms with Crippen molar-refractivity contribution < 1.29 is 18.7 Å². The number of ether oxygens (including phenoxy) is 1. The van der Waals surface area contributed by atoms with Gasteiger partial charge in [0.25, 0.3) is 5.91 Å². The summed E-state index contributed by atoms with van der Waals surface area (Å²) in [6, 6.07) is 3.49. The lowest BCUT2D eigenvalue weighted by molar-refractivity contribution is -0.122. The Bertz CT molecular complexity index is 704. The topological polar surface area (TPSA) is 67.4 Å². The first-order chi connectivity index (χ1) is 12.4. The van der Waals surface area contributed by atoms with Crippen molar-refractivity contribution in [2.75, 3.05) is 6.61 Å². The average Bonchev–Trinajstić information content (AvgIpc) is 2.51. The van der Waals surface area contributed by atoms with Gasteiger partial charge in [0.1, 0.15) is 11.6 Å². The summed E-state index contributed by atoms with van der Waals surface area (Å²) in [5, 5.41) is 5.44. The van der Waals surface area contributed by atoms with Gasteiger partial charge in [0.15, 0.2) is 6.61 Å². The number of halogens is 2. The van der Waals surface area contributed by atoms with Crippen molar-refractivity contribution in [1.29, 1.82) is 0 Å². The normalized spacial score (nSPS) is 31.5. The second-order valence-electron chi connectivity index (χ2n) is 8.06. The van der Waals surface area contributed by atoms with Crippen LogP contribution >= 0.6 is 15.9 Å². The smallest absolute Gasteiger partial charge is 0.321 e. The third-order valence-corrected chi connectivity index (χ3v) is 6.54. The standard InChI is InChI=1S/C19H22BrFN2O3/c20-15-6-14(21)1-2-16(15)26-10-17(24)22-18(25)23-19-7-11-3-12(8-19)5-13(4-11)9-19/h1-2,6,11-13H,3-5,7-10H2,(H2,22,23,24,25). The molecule has 4 aliphatic carbocycles. The molecule has 0 spiro atoms. The number of imide groups is 1. The Balaban J connectivity index is 1.29. The molecule has 4 saturated carbocycles. The first kappa shape index (κ1) is 17.8. The number of hydrogen-bond acceptors (Lipinski definition) is 3. The molecule has 3 amide bonds. The van der Waals surface area contributed by atoms with E-state index in [9.17, 15) is 14.0 Å². The van der Waals surface area contributed by atoms with Crippen molar-refractivity contribution in [3.63, 3.8) is 0 Å². The molecule has 0 radical (unpaired) electrons. The van der Waals surface area contributed by atoms with E-state index in [1.807, 2.05) is 0 Å². The second-order valence-corrected chi connectivity index (χ2v) is 8.92. The number of amides is 3. The highest BCUT2D eigenvalue weighted by Crippen LogP contribution is 2.55. The third-order valence-electron chi connectivity index (χ3n) is 5.92. The van der Waals surface area contributed by atoms with Gasteiger partial charge in [0.05, 0.1) is 4.47 Å². The maximum absolute atomic E-state index is 13.1. The van der Waals surface area contributed by atoms with Crippen LogP contribution < -0.4 is 15.4 Å². The van der Waals surface area contributed by atoms with E-state index in [2.05, 4.69) is 26.6 Å². The van der Waals surface area contributed by atoms with Gasteiger partial charge in [-0.1, -0.05) is 0 Å². The Morgan fingerprint density at radius 2 is 1.77 bits per heavy atom. The van der Waals surface area contributed by atoms with Crippen LogP contribution in [-0.2, 0) is 4.79 Å². The van der Waals surface area contributed by atoms with E-state index in [4.69, 9.17) is 4.74 Å². The molecule has 0 atom stereocenters. The molecule has 5 nitrogen and oxygen atoms in total. The molecule has 0 unspecified atom stereocenters. The second kappa shape index (κ2) is 6.83. The highest BCUT2D eigenvalue weighted by Gasteiger charge is 2.51. The molecule has 0 aromatic heterocycles. The zero-order valence-electron chi connectivity index (χ0n) is 14.4. The molecular weight excluding hydrogens is 403 g/mol. The maximum atomic E-state index is 13.1. The lowest BCUT2D eigenvalue weighted by atomic mass is 9.53. The number of rotatable bonds is 4. The molecular formula is C19H22BrFN2O3. The summed E-state index contributed by atoms with van der Waals surface area (Å²) in [6.07, 6.45) is 6.96. The molecule has 4 aliphatic rings. The largest absolute Gasteiger partial charge is 0.483 e. The fraction of sp³-hybridized carbons (Fsp3) is 0.579. The number of hydrogen-bond donors (Lipinski definition) is 2. The van der Waals surface area contributed by atoms with Crippen LogP contribution in [0, 0.1) is 23.6 Å². The van der Waals surface area contributed by atoms with E-state index >= 15 is 0 Å². The van der Waals surface area contributed by atoms with Crippen LogP contribution in [0.3, 0.4) is 0 Å². The van der Waals surface area contributed by atoms with E-state index < -0.39 is 17.8 Å². The minimum Gasteiger partial charge on any atom is -0.483 e. The minimum absolute atomic E-state index is 0.139. The molecule has 0 saturated heterocycles. The molecule has 4 fully saturated rings. The van der Waals surface area contributed by atoms with Gasteiger partial charge in [0, 0.05) is 5.54 Å². The predicted molar refractivity (Wildman–Crippen MR) is 97.2 cm³/mol. The Labute approximate surface area is 160 Å². The molecule has 5 rings (SSSR count). The Hall–Kier alpha value is -1.63. The van der Waals surface area contributed by atoms with Crippen LogP contribution in [0.4, 0.5) is 9.18 Å². The van der Waals surface area contributed by atoms with Crippen molar-refractivity contribution in [3.8, 4) is 5.75 Å². The molecule has 26 heavy (non-hydrogen) atoms. The van der Waals surface area contributed by atoms with Crippen LogP contribution in [0.1, 0.15) is 38.5 Å². The first-order valence-electron chi connectivity index (χ1n) is 9.11. The Morgan fingerprint density at radius 3 is 2.35 bits per heavy atom. The predicted octanol–water partition coefficient (Wildman–Crippen LogP) is 3.76. The van der Waals surface area contributed by atoms with Crippen molar-refractivity contribution in [2.45, 2.75) is 44.1 Å². The summed E-state index contributed by atoms with van der Waals surface area (Å²) in [6.45, 7) is -0.307. The van der Waals surface area contributed by atoms with Gasteiger partial charge in [-0.3, -0.25) is 10.1 Å². The summed E-state index contributed by atoms with van der Waals surface area (Å²) in [5.41, 5.74) is -0.139. The van der Waals surface area contributed by atoms with Gasteiger partial charge in [-0.2, -0.15) is 0 Å². The van der Waals surface area contributed by atoms with Gasteiger partial charge < -0.3 is 10.1 Å². The fourth-order valence-electron chi connectivity index (χ4n) is 5.43. The van der Waals surface area contributed by atoms with Crippen molar-refractivity contribution >= 4 is 27.9 Å². The van der Waals surface area contributed by atoms with Crippen LogP contribution in [-0.4, -0.2) is 24.1 Å². The first-order valence-corrected chi connectivity index (χ1v) is 9.90. The van der Waals surface area contributed by atoms with Crippen molar-refractivity contribution in [3.05, 3.63) is 28.5 Å². The molecule has 0 heterocycles. The number of benzene rings is 1. The Morgan fingerprint density at radius 1 is 1.15 bits per heavy atom. The van der Waals surface area contributed by atoms with E-state index in [0.717, 1.165) is 37.0 Å². The summed E-state index contributed by atoms with van der Waals surface area (Å²) in [5.74, 6) is 1.58. The van der Waals surface area contributed by atoms with Crippen LogP contribution in [0.2, 0.25) is 0 Å². The molecule has 4 bridgehead atoms. The van der Waals surface area contributed by atoms with E-state index in [1.54, 1.807) is 0 Å². The maximum Gasteiger partial charge on any atom is 0.321 e. The molecule has 1 aromatic rings. The van der Waals surface area contributed by atoms with Crippen LogP contribution in [0.5, 0.6) is 5.75 Å². The summed E-state index contributed by atoms with van der Waals surface area (Å²) in [4.78, 5) is 24.3. The van der Waals surface area contributed by atoms with E-state index in [0.29, 0.717) is 10.2 Å². The zero-order chi connectivity index (χ0) is 18.3. The van der Waals surface area contributed by atoms with E-state index in [1.165, 1.54) is 37.5 Å². The van der Waals surface area contributed by atoms with Crippen LogP contribution in [0.25, 0.3) is 0 Å². The molecule has 1 aromatic carbocycles. The summed E-state index contributed by atoms with van der Waals surface area (Å²) >= 11 is 3.18. The number of carbonyl (C=O) groups is 2. The Kier molecular flexibility index (Phi) is 4.67. The summed E-state index contributed by atoms with van der Waals surface area (Å²) in [7, 11) is 0. The highest BCUT2D eigenvalue weighted by molar-refractivity contribution is 9.10. The third kappa shape index (κ3) is 3.72. The quantitative estimate of drug-likeness (QED) is 0.772. The monoisotopic (exact) mass is 424 g/mol. The average molecular weight is 425 g/mol. The SMILES string of the molecule is O=C(COc1ccc(F)cc1Br)NC(=O)NC12CC3CC(CC(C3)C1)C2. The van der Waals surface area contributed by atoms with Gasteiger partial charge in [0.2, 0.25) is 0 Å². The van der Waals surface area contributed by atoms with Crippen molar-refractivity contribution in [2.24, 2.45) is 17.8 Å². The number of carbonyl (C=O) groups excluding carboxylic acids is 2. The minimum atomic E-state index is -0.525. The summed E-state index contributed by atoms with van der Waals surface area (Å²) < 4.78 is 18.8. The van der Waals surface area contributed by atoms with Crippen molar-refractivity contribution in [1.82, 2.24) is 10.6 Å². The lowest BCUT2D eigenvalue weighted by Gasteiger charge is -2.56. The number of urea groups is 1. The highest BCUT2D eigenvalue weighted by atomic mass is 79.9.